The van der Waals surface area contributed by atoms with Gasteiger partial charge in [0.15, 0.2) is 0 Å². The number of benzene rings is 2. The van der Waals surface area contributed by atoms with Crippen LogP contribution < -0.4 is 5.73 Å². The maximum absolute atomic E-state index is 11.3. The molecule has 0 atom stereocenters. The third kappa shape index (κ3) is 4.73. The molecule has 0 aliphatic carbocycles. The molecule has 0 saturated carbocycles. The predicted molar refractivity (Wildman–Crippen MR) is 82.0 cm³/mol. The SMILES string of the molecule is COC(=O)c1ccc2cc(C(=O)O)ccc2c1.NCCCl. The highest BCUT2D eigenvalue weighted by Gasteiger charge is 2.07. The molecule has 0 aromatic heterocycles. The van der Waals surface area contributed by atoms with Gasteiger partial charge in [0.05, 0.1) is 18.2 Å². The number of methoxy groups -OCH3 is 1. The zero-order chi connectivity index (χ0) is 15.8. The average Bonchev–Trinajstić information content (AvgIpc) is 2.53. The van der Waals surface area contributed by atoms with E-state index in [0.717, 1.165) is 10.8 Å². The number of carbonyl (C=O) groups excluding carboxylic acids is 1. The van der Waals surface area contributed by atoms with Gasteiger partial charge in [-0.3, -0.25) is 0 Å². The van der Waals surface area contributed by atoms with Gasteiger partial charge in [0.1, 0.15) is 0 Å². The zero-order valence-electron chi connectivity index (χ0n) is 11.5. The minimum atomic E-state index is -0.969. The van der Waals surface area contributed by atoms with Crippen molar-refractivity contribution in [2.75, 3.05) is 19.5 Å². The number of alkyl halides is 1. The molecule has 2 rings (SSSR count). The van der Waals surface area contributed by atoms with Crippen molar-refractivity contribution in [3.8, 4) is 0 Å². The van der Waals surface area contributed by atoms with E-state index in [9.17, 15) is 9.59 Å². The molecule has 0 bridgehead atoms. The molecule has 0 saturated heterocycles. The lowest BCUT2D eigenvalue weighted by Gasteiger charge is -2.03. The van der Waals surface area contributed by atoms with Gasteiger partial charge in [-0.15, -0.1) is 11.6 Å². The molecule has 0 heterocycles. The molecule has 0 spiro atoms. The van der Waals surface area contributed by atoms with Crippen LogP contribution in [-0.4, -0.2) is 36.6 Å². The van der Waals surface area contributed by atoms with E-state index in [1.807, 2.05) is 0 Å². The molecule has 0 fully saturated rings. The van der Waals surface area contributed by atoms with Crippen LogP contribution in [0.25, 0.3) is 10.8 Å². The van der Waals surface area contributed by atoms with Crippen LogP contribution in [0.2, 0.25) is 0 Å². The maximum atomic E-state index is 11.3. The molecule has 0 aliphatic heterocycles. The normalized spacial score (nSPS) is 9.67. The van der Waals surface area contributed by atoms with E-state index >= 15 is 0 Å². The van der Waals surface area contributed by atoms with Crippen LogP contribution in [0.5, 0.6) is 0 Å². The van der Waals surface area contributed by atoms with E-state index in [0.29, 0.717) is 18.0 Å². The molecular formula is C15H16ClNO4. The molecule has 2 aromatic rings. The van der Waals surface area contributed by atoms with E-state index in [4.69, 9.17) is 22.4 Å². The first-order valence-electron chi connectivity index (χ1n) is 6.15. The third-order valence-corrected chi connectivity index (χ3v) is 2.84. The molecule has 21 heavy (non-hydrogen) atoms. The summed E-state index contributed by atoms with van der Waals surface area (Å²) in [7, 11) is 1.32. The molecule has 0 amide bonds. The maximum Gasteiger partial charge on any atom is 0.337 e. The van der Waals surface area contributed by atoms with Crippen molar-refractivity contribution in [2.24, 2.45) is 5.73 Å². The highest BCUT2D eigenvalue weighted by atomic mass is 35.5. The predicted octanol–water partition coefficient (Wildman–Crippen LogP) is 2.51. The van der Waals surface area contributed by atoms with Crippen LogP contribution in [-0.2, 0) is 4.74 Å². The lowest BCUT2D eigenvalue weighted by Crippen LogP contribution is -2.01. The molecule has 3 N–H and O–H groups in total. The van der Waals surface area contributed by atoms with Gasteiger partial charge in [0.2, 0.25) is 0 Å². The van der Waals surface area contributed by atoms with Crippen molar-refractivity contribution in [1.82, 2.24) is 0 Å². The summed E-state index contributed by atoms with van der Waals surface area (Å²) in [6, 6.07) is 9.73. The minimum absolute atomic E-state index is 0.225. The van der Waals surface area contributed by atoms with Gasteiger partial charge in [-0.05, 0) is 35.0 Å². The fourth-order valence-electron chi connectivity index (χ4n) is 1.62. The first-order chi connectivity index (χ1) is 10.0. The number of hydrogen-bond acceptors (Lipinski definition) is 4. The molecule has 6 heteroatoms. The van der Waals surface area contributed by atoms with Crippen LogP contribution >= 0.6 is 11.6 Å². The highest BCUT2D eigenvalue weighted by Crippen LogP contribution is 2.18. The number of rotatable bonds is 3. The number of nitrogens with two attached hydrogens (primary N) is 1. The summed E-state index contributed by atoms with van der Waals surface area (Å²) >= 11 is 5.06. The summed E-state index contributed by atoms with van der Waals surface area (Å²) < 4.78 is 4.61. The van der Waals surface area contributed by atoms with Gasteiger partial charge in [-0.25, -0.2) is 9.59 Å². The van der Waals surface area contributed by atoms with E-state index in [1.54, 1.807) is 30.3 Å². The summed E-state index contributed by atoms with van der Waals surface area (Å²) in [5.74, 6) is -0.807. The topological polar surface area (TPSA) is 89.6 Å². The van der Waals surface area contributed by atoms with Crippen molar-refractivity contribution >= 4 is 34.3 Å². The fourth-order valence-corrected chi connectivity index (χ4v) is 1.62. The van der Waals surface area contributed by atoms with E-state index in [-0.39, 0.29) is 5.56 Å². The quantitative estimate of drug-likeness (QED) is 0.671. The lowest BCUT2D eigenvalue weighted by atomic mass is 10.0. The van der Waals surface area contributed by atoms with E-state index < -0.39 is 11.9 Å². The Hall–Kier alpha value is -2.11. The van der Waals surface area contributed by atoms with E-state index in [1.165, 1.54) is 13.2 Å². The summed E-state index contributed by atoms with van der Waals surface area (Å²) in [6.07, 6.45) is 0. The lowest BCUT2D eigenvalue weighted by molar-refractivity contribution is 0.0600. The molecule has 112 valence electrons. The second kappa shape index (κ2) is 8.24. The van der Waals surface area contributed by atoms with Crippen molar-refractivity contribution in [3.05, 3.63) is 47.5 Å². The van der Waals surface area contributed by atoms with Crippen LogP contribution in [0.4, 0.5) is 0 Å². The summed E-state index contributed by atoms with van der Waals surface area (Å²) in [5.41, 5.74) is 5.57. The second-order valence-electron chi connectivity index (χ2n) is 4.05. The summed E-state index contributed by atoms with van der Waals surface area (Å²) in [6.45, 7) is 0.585. The number of carbonyl (C=O) groups is 2. The van der Waals surface area contributed by atoms with Crippen LogP contribution in [0.15, 0.2) is 36.4 Å². The van der Waals surface area contributed by atoms with Crippen molar-refractivity contribution in [3.63, 3.8) is 0 Å². The monoisotopic (exact) mass is 309 g/mol. The van der Waals surface area contributed by atoms with Crippen LogP contribution in [0.3, 0.4) is 0 Å². The van der Waals surface area contributed by atoms with Gasteiger partial charge in [0, 0.05) is 12.4 Å². The first-order valence-corrected chi connectivity index (χ1v) is 6.68. The Morgan fingerprint density at radius 1 is 1.14 bits per heavy atom. The molecular weight excluding hydrogens is 294 g/mol. The number of carboxylic acid groups (broad SMARTS) is 1. The first kappa shape index (κ1) is 16.9. The Morgan fingerprint density at radius 2 is 1.62 bits per heavy atom. The van der Waals surface area contributed by atoms with E-state index in [2.05, 4.69) is 4.74 Å². The third-order valence-electron chi connectivity index (χ3n) is 2.62. The molecule has 2 aromatic carbocycles. The van der Waals surface area contributed by atoms with Crippen LogP contribution in [0.1, 0.15) is 20.7 Å². The summed E-state index contributed by atoms with van der Waals surface area (Å²) in [5, 5.41) is 10.4. The number of hydrogen-bond donors (Lipinski definition) is 2. The largest absolute Gasteiger partial charge is 0.478 e. The number of halogens is 1. The Morgan fingerprint density at radius 3 is 2.05 bits per heavy atom. The summed E-state index contributed by atoms with van der Waals surface area (Å²) in [4.78, 5) is 22.1. The number of esters is 1. The number of carboxylic acids is 1. The number of ether oxygens (including phenoxy) is 1. The number of aromatic carboxylic acids is 1. The highest BCUT2D eigenvalue weighted by molar-refractivity contribution is 6.18. The standard InChI is InChI=1S/C13H10O4.C2H6ClN/c1-17-13(16)11-5-3-8-6-10(12(14)15)4-2-9(8)7-11;3-1-2-4/h2-7H,1H3,(H,14,15);1-2,4H2. The van der Waals surface area contributed by atoms with Crippen molar-refractivity contribution in [1.29, 1.82) is 0 Å². The Labute approximate surface area is 127 Å². The van der Waals surface area contributed by atoms with Gasteiger partial charge >= 0.3 is 11.9 Å². The van der Waals surface area contributed by atoms with Gasteiger partial charge in [-0.1, -0.05) is 12.1 Å². The van der Waals surface area contributed by atoms with Gasteiger partial charge < -0.3 is 15.6 Å². The molecule has 0 radical (unpaired) electrons. The molecule has 0 aliphatic rings. The van der Waals surface area contributed by atoms with Crippen molar-refractivity contribution < 1.29 is 19.4 Å². The van der Waals surface area contributed by atoms with Gasteiger partial charge in [0.25, 0.3) is 0 Å². The Balaban J connectivity index is 0.000000491. The van der Waals surface area contributed by atoms with Crippen LogP contribution in [0, 0.1) is 0 Å². The zero-order valence-corrected chi connectivity index (χ0v) is 12.3. The second-order valence-corrected chi connectivity index (χ2v) is 4.43. The molecule has 0 unspecified atom stereocenters. The number of fused-ring (bicyclic) bond motifs is 1. The van der Waals surface area contributed by atoms with Crippen molar-refractivity contribution in [2.45, 2.75) is 0 Å². The molecule has 5 nitrogen and oxygen atoms in total. The van der Waals surface area contributed by atoms with Gasteiger partial charge in [-0.2, -0.15) is 0 Å². The Bertz CT molecular complexity index is 641. The Kier molecular flexibility index (Phi) is 6.65. The minimum Gasteiger partial charge on any atom is -0.478 e. The fraction of sp³-hybridized carbons (Fsp3) is 0.200. The average molecular weight is 310 g/mol. The smallest absolute Gasteiger partial charge is 0.337 e.